The number of nitrogens with one attached hydrogen (secondary N) is 1. The Morgan fingerprint density at radius 3 is 2.83 bits per heavy atom. The summed E-state index contributed by atoms with van der Waals surface area (Å²) in [6.45, 7) is 0.385. The molecule has 0 aliphatic carbocycles. The number of ether oxygens (including phenoxy) is 1. The SMILES string of the molecule is COc1cccc(NC(=O)CCCN2C(=O)C(=Cc3ccccc3Cl)SC2=S)c1. The van der Waals surface area contributed by atoms with Gasteiger partial charge in [0.2, 0.25) is 5.91 Å². The van der Waals surface area contributed by atoms with Crippen LogP contribution in [0.4, 0.5) is 5.69 Å². The van der Waals surface area contributed by atoms with Gasteiger partial charge in [-0.3, -0.25) is 14.5 Å². The zero-order valence-electron chi connectivity index (χ0n) is 15.7. The van der Waals surface area contributed by atoms with Gasteiger partial charge in [-0.2, -0.15) is 0 Å². The average Bonchev–Trinajstić information content (AvgIpc) is 2.97. The van der Waals surface area contributed by atoms with Gasteiger partial charge in [-0.15, -0.1) is 0 Å². The van der Waals surface area contributed by atoms with Gasteiger partial charge in [-0.25, -0.2) is 0 Å². The number of amides is 2. The lowest BCUT2D eigenvalue weighted by molar-refractivity contribution is -0.122. The van der Waals surface area contributed by atoms with Crippen LogP contribution in [0.15, 0.2) is 53.4 Å². The quantitative estimate of drug-likeness (QED) is 0.480. The molecule has 1 heterocycles. The van der Waals surface area contributed by atoms with E-state index in [2.05, 4.69) is 5.32 Å². The fourth-order valence-corrected chi connectivity index (χ4v) is 4.24. The van der Waals surface area contributed by atoms with Crippen molar-refractivity contribution < 1.29 is 14.3 Å². The molecule has 1 aliphatic heterocycles. The maximum absolute atomic E-state index is 12.7. The molecule has 0 spiro atoms. The lowest BCUT2D eigenvalue weighted by Crippen LogP contribution is -2.29. The zero-order chi connectivity index (χ0) is 20.8. The van der Waals surface area contributed by atoms with E-state index in [1.165, 1.54) is 16.7 Å². The highest BCUT2D eigenvalue weighted by Gasteiger charge is 2.31. The van der Waals surface area contributed by atoms with E-state index in [4.69, 9.17) is 28.6 Å². The van der Waals surface area contributed by atoms with Crippen LogP contribution in [0.2, 0.25) is 5.02 Å². The molecule has 29 heavy (non-hydrogen) atoms. The van der Waals surface area contributed by atoms with E-state index in [9.17, 15) is 9.59 Å². The summed E-state index contributed by atoms with van der Waals surface area (Å²) < 4.78 is 5.63. The van der Waals surface area contributed by atoms with Gasteiger partial charge in [0.25, 0.3) is 5.91 Å². The number of thiocarbonyl (C=S) groups is 1. The summed E-state index contributed by atoms with van der Waals surface area (Å²) in [5.41, 5.74) is 1.44. The first-order valence-electron chi connectivity index (χ1n) is 8.92. The average molecular weight is 447 g/mol. The molecule has 2 aromatic carbocycles. The number of carbonyl (C=O) groups excluding carboxylic acids is 2. The predicted octanol–water partition coefficient (Wildman–Crippen LogP) is 4.97. The number of thioether (sulfide) groups is 1. The van der Waals surface area contributed by atoms with E-state index >= 15 is 0 Å². The summed E-state index contributed by atoms with van der Waals surface area (Å²) in [4.78, 5) is 26.9. The van der Waals surface area contributed by atoms with Crippen LogP contribution >= 0.6 is 35.6 Å². The third kappa shape index (κ3) is 5.59. The van der Waals surface area contributed by atoms with Crippen molar-refractivity contribution in [3.63, 3.8) is 0 Å². The molecule has 1 N–H and O–H groups in total. The molecule has 0 unspecified atom stereocenters. The lowest BCUT2D eigenvalue weighted by atomic mass is 10.2. The number of hydrogen-bond donors (Lipinski definition) is 1. The Bertz CT molecular complexity index is 978. The van der Waals surface area contributed by atoms with Crippen molar-refractivity contribution in [2.75, 3.05) is 19.0 Å². The number of hydrogen-bond acceptors (Lipinski definition) is 5. The second kappa shape index (κ2) is 9.91. The maximum atomic E-state index is 12.7. The summed E-state index contributed by atoms with van der Waals surface area (Å²) in [6.07, 6.45) is 2.52. The van der Waals surface area contributed by atoms with Gasteiger partial charge in [0.15, 0.2) is 0 Å². The van der Waals surface area contributed by atoms with Crippen LogP contribution < -0.4 is 10.1 Å². The maximum Gasteiger partial charge on any atom is 0.266 e. The Labute approximate surface area is 184 Å². The van der Waals surface area contributed by atoms with E-state index < -0.39 is 0 Å². The Morgan fingerprint density at radius 1 is 1.28 bits per heavy atom. The van der Waals surface area contributed by atoms with E-state index in [1.807, 2.05) is 18.2 Å². The first kappa shape index (κ1) is 21.4. The van der Waals surface area contributed by atoms with Crippen molar-refractivity contribution in [3.8, 4) is 5.75 Å². The molecule has 0 atom stereocenters. The van der Waals surface area contributed by atoms with Crippen LogP contribution in [-0.2, 0) is 9.59 Å². The highest BCUT2D eigenvalue weighted by molar-refractivity contribution is 8.26. The summed E-state index contributed by atoms with van der Waals surface area (Å²) >= 11 is 12.7. The lowest BCUT2D eigenvalue weighted by Gasteiger charge is -2.14. The van der Waals surface area contributed by atoms with Crippen LogP contribution in [0.5, 0.6) is 5.75 Å². The second-order valence-corrected chi connectivity index (χ2v) is 8.32. The third-order valence-electron chi connectivity index (χ3n) is 4.20. The predicted molar refractivity (Wildman–Crippen MR) is 122 cm³/mol. The van der Waals surface area contributed by atoms with Gasteiger partial charge in [-0.05, 0) is 36.3 Å². The molecule has 1 fully saturated rings. The smallest absolute Gasteiger partial charge is 0.266 e. The van der Waals surface area contributed by atoms with Crippen molar-refractivity contribution in [1.82, 2.24) is 4.90 Å². The summed E-state index contributed by atoms with van der Waals surface area (Å²) in [7, 11) is 1.57. The number of carbonyl (C=O) groups is 2. The monoisotopic (exact) mass is 446 g/mol. The van der Waals surface area contributed by atoms with Crippen LogP contribution in [0.25, 0.3) is 6.08 Å². The fourth-order valence-electron chi connectivity index (χ4n) is 2.75. The molecule has 8 heteroatoms. The van der Waals surface area contributed by atoms with E-state index in [1.54, 1.807) is 43.5 Å². The van der Waals surface area contributed by atoms with Crippen LogP contribution in [-0.4, -0.2) is 34.7 Å². The van der Waals surface area contributed by atoms with Crippen molar-refractivity contribution >= 4 is 63.5 Å². The Balaban J connectivity index is 1.54. The minimum absolute atomic E-state index is 0.129. The number of anilines is 1. The normalized spacial score (nSPS) is 15.1. The van der Waals surface area contributed by atoms with Crippen LogP contribution in [0.1, 0.15) is 18.4 Å². The summed E-state index contributed by atoms with van der Waals surface area (Å²) in [6, 6.07) is 14.5. The standard InChI is InChI=1S/C21H19ClN2O3S2/c1-27-16-8-4-7-15(13-16)23-19(25)10-5-11-24-20(26)18(29-21(24)28)12-14-6-2-3-9-17(14)22/h2-4,6-9,12-13H,5,10-11H2,1H3,(H,23,25). The number of rotatable bonds is 7. The van der Waals surface area contributed by atoms with E-state index in [0.29, 0.717) is 38.7 Å². The molecule has 5 nitrogen and oxygen atoms in total. The van der Waals surface area contributed by atoms with Crippen LogP contribution in [0, 0.1) is 0 Å². The minimum atomic E-state index is -0.159. The third-order valence-corrected chi connectivity index (χ3v) is 5.93. The number of nitrogens with zero attached hydrogens (tertiary/aromatic N) is 1. The molecule has 3 rings (SSSR count). The van der Waals surface area contributed by atoms with Gasteiger partial charge < -0.3 is 10.1 Å². The Morgan fingerprint density at radius 2 is 2.07 bits per heavy atom. The fraction of sp³-hybridized carbons (Fsp3) is 0.190. The van der Waals surface area contributed by atoms with Gasteiger partial charge >= 0.3 is 0 Å². The summed E-state index contributed by atoms with van der Waals surface area (Å²) in [5.74, 6) is 0.383. The topological polar surface area (TPSA) is 58.6 Å². The highest BCUT2D eigenvalue weighted by atomic mass is 35.5. The van der Waals surface area contributed by atoms with Crippen LogP contribution in [0.3, 0.4) is 0 Å². The van der Waals surface area contributed by atoms with Crippen molar-refractivity contribution in [3.05, 3.63) is 64.0 Å². The molecule has 0 aromatic heterocycles. The van der Waals surface area contributed by atoms with Crippen molar-refractivity contribution in [2.24, 2.45) is 0 Å². The van der Waals surface area contributed by atoms with E-state index in [0.717, 1.165) is 5.56 Å². The molecule has 0 radical (unpaired) electrons. The molecule has 2 amide bonds. The number of benzene rings is 2. The summed E-state index contributed by atoms with van der Waals surface area (Å²) in [5, 5.41) is 3.40. The Hall–Kier alpha value is -2.35. The first-order chi connectivity index (χ1) is 14.0. The molecular weight excluding hydrogens is 428 g/mol. The molecule has 2 aromatic rings. The van der Waals surface area contributed by atoms with E-state index in [-0.39, 0.29) is 18.2 Å². The highest BCUT2D eigenvalue weighted by Crippen LogP contribution is 2.33. The Kier molecular flexibility index (Phi) is 7.30. The minimum Gasteiger partial charge on any atom is -0.497 e. The van der Waals surface area contributed by atoms with Gasteiger partial charge in [0.1, 0.15) is 10.1 Å². The number of methoxy groups -OCH3 is 1. The molecule has 150 valence electrons. The largest absolute Gasteiger partial charge is 0.497 e. The number of halogens is 1. The van der Waals surface area contributed by atoms with Gasteiger partial charge in [0.05, 0.1) is 12.0 Å². The molecule has 1 aliphatic rings. The first-order valence-corrected chi connectivity index (χ1v) is 10.5. The molecular formula is C21H19ClN2O3S2. The van der Waals surface area contributed by atoms with Gasteiger partial charge in [-0.1, -0.05) is 59.8 Å². The van der Waals surface area contributed by atoms with Gasteiger partial charge in [0, 0.05) is 29.7 Å². The molecule has 1 saturated heterocycles. The van der Waals surface area contributed by atoms with Crippen molar-refractivity contribution in [2.45, 2.75) is 12.8 Å². The molecule has 0 saturated carbocycles. The second-order valence-electron chi connectivity index (χ2n) is 6.24. The molecule has 0 bridgehead atoms. The zero-order valence-corrected chi connectivity index (χ0v) is 18.1. The van der Waals surface area contributed by atoms with Crippen molar-refractivity contribution in [1.29, 1.82) is 0 Å².